The molecule has 0 aromatic heterocycles. The predicted molar refractivity (Wildman–Crippen MR) is 70.2 cm³/mol. The molecule has 2 aromatic rings. The molecule has 0 saturated heterocycles. The van der Waals surface area contributed by atoms with Gasteiger partial charge < -0.3 is 10.4 Å². The molecule has 0 radical (unpaired) electrons. The van der Waals surface area contributed by atoms with Gasteiger partial charge in [-0.1, -0.05) is 6.07 Å². The number of hydrogen-bond acceptors (Lipinski definition) is 2. The fourth-order valence-corrected chi connectivity index (χ4v) is 1.80. The number of para-hydroxylation sites is 1. The molecule has 0 bridgehead atoms. The van der Waals surface area contributed by atoms with Crippen molar-refractivity contribution in [1.82, 2.24) is 0 Å². The van der Waals surface area contributed by atoms with Crippen LogP contribution in [-0.2, 0) is 0 Å². The molecule has 0 atom stereocenters. The van der Waals surface area contributed by atoms with Gasteiger partial charge in [0.15, 0.2) is 0 Å². The second-order valence-corrected chi connectivity index (χ2v) is 4.45. The lowest BCUT2D eigenvalue weighted by Gasteiger charge is -2.07. The minimum atomic E-state index is -0.458. The van der Waals surface area contributed by atoms with Crippen LogP contribution < -0.4 is 5.32 Å². The number of amides is 1. The molecule has 2 rings (SSSR count). The summed E-state index contributed by atoms with van der Waals surface area (Å²) in [5.74, 6) is -0.962. The van der Waals surface area contributed by atoms with E-state index >= 15 is 0 Å². The number of anilines is 1. The highest BCUT2D eigenvalue weighted by molar-refractivity contribution is 9.10. The van der Waals surface area contributed by atoms with E-state index in [4.69, 9.17) is 0 Å². The van der Waals surface area contributed by atoms with Crippen molar-refractivity contribution in [2.45, 2.75) is 0 Å². The summed E-state index contributed by atoms with van der Waals surface area (Å²) in [6.45, 7) is 0. The number of rotatable bonds is 2. The lowest BCUT2D eigenvalue weighted by atomic mass is 10.2. The van der Waals surface area contributed by atoms with Gasteiger partial charge >= 0.3 is 0 Å². The molecular weight excluding hydrogens is 301 g/mol. The molecule has 0 aliphatic carbocycles. The molecule has 0 unspecified atom stereocenters. The number of carbonyl (C=O) groups is 1. The summed E-state index contributed by atoms with van der Waals surface area (Å²) < 4.78 is 13.1. The quantitative estimate of drug-likeness (QED) is 0.891. The number of phenols is 1. The molecule has 2 N–H and O–H groups in total. The highest BCUT2D eigenvalue weighted by Gasteiger charge is 2.13. The molecule has 0 saturated carbocycles. The van der Waals surface area contributed by atoms with Crippen LogP contribution in [0.1, 0.15) is 10.4 Å². The molecule has 18 heavy (non-hydrogen) atoms. The number of nitrogens with one attached hydrogen (secondary N) is 1. The van der Waals surface area contributed by atoms with Gasteiger partial charge in [0, 0.05) is 5.69 Å². The van der Waals surface area contributed by atoms with Gasteiger partial charge in [-0.2, -0.15) is 0 Å². The average molecular weight is 310 g/mol. The minimum Gasteiger partial charge on any atom is -0.506 e. The van der Waals surface area contributed by atoms with Crippen molar-refractivity contribution >= 4 is 27.5 Å². The SMILES string of the molecule is O=C(Nc1ccc(F)cc1)c1cccc(Br)c1O. The molecular formula is C13H9BrFNO2. The van der Waals surface area contributed by atoms with Crippen molar-refractivity contribution in [3.8, 4) is 5.75 Å². The molecule has 2 aromatic carbocycles. The van der Waals surface area contributed by atoms with Crippen molar-refractivity contribution in [3.05, 3.63) is 58.3 Å². The van der Waals surface area contributed by atoms with Crippen LogP contribution in [0.3, 0.4) is 0 Å². The standard InChI is InChI=1S/C13H9BrFNO2/c14-11-3-1-2-10(12(11)17)13(18)16-9-6-4-8(15)5-7-9/h1-7,17H,(H,16,18). The van der Waals surface area contributed by atoms with Crippen LogP contribution in [0.25, 0.3) is 0 Å². The van der Waals surface area contributed by atoms with Crippen LogP contribution in [0.15, 0.2) is 46.9 Å². The minimum absolute atomic E-state index is 0.128. The maximum absolute atomic E-state index is 12.7. The number of carbonyl (C=O) groups excluding carboxylic acids is 1. The summed E-state index contributed by atoms with van der Waals surface area (Å²) in [4.78, 5) is 11.9. The van der Waals surface area contributed by atoms with Crippen LogP contribution >= 0.6 is 15.9 Å². The van der Waals surface area contributed by atoms with Crippen LogP contribution in [0, 0.1) is 5.82 Å². The maximum atomic E-state index is 12.7. The Hall–Kier alpha value is -1.88. The van der Waals surface area contributed by atoms with E-state index in [0.717, 1.165) is 0 Å². The van der Waals surface area contributed by atoms with Crippen molar-refractivity contribution in [2.24, 2.45) is 0 Å². The highest BCUT2D eigenvalue weighted by Crippen LogP contribution is 2.27. The van der Waals surface area contributed by atoms with E-state index < -0.39 is 5.91 Å². The van der Waals surface area contributed by atoms with Crippen molar-refractivity contribution in [2.75, 3.05) is 5.32 Å². The number of hydrogen-bond donors (Lipinski definition) is 2. The van der Waals surface area contributed by atoms with Crippen LogP contribution in [0.5, 0.6) is 5.75 Å². The van der Waals surface area contributed by atoms with E-state index in [1.54, 1.807) is 12.1 Å². The Balaban J connectivity index is 2.22. The Bertz CT molecular complexity index is 584. The van der Waals surface area contributed by atoms with Crippen LogP contribution in [0.2, 0.25) is 0 Å². The molecule has 0 spiro atoms. The Kier molecular flexibility index (Phi) is 3.62. The highest BCUT2D eigenvalue weighted by atomic mass is 79.9. The number of phenolic OH excluding ortho intramolecular Hbond substituents is 1. The third-order valence-electron chi connectivity index (χ3n) is 2.33. The molecule has 0 fully saturated rings. The van der Waals surface area contributed by atoms with E-state index in [-0.39, 0.29) is 17.1 Å². The molecule has 0 aliphatic rings. The monoisotopic (exact) mass is 309 g/mol. The zero-order valence-corrected chi connectivity index (χ0v) is 10.7. The predicted octanol–water partition coefficient (Wildman–Crippen LogP) is 3.55. The smallest absolute Gasteiger partial charge is 0.259 e. The Labute approximate surface area is 111 Å². The first kappa shape index (κ1) is 12.6. The van der Waals surface area contributed by atoms with E-state index in [1.807, 2.05) is 0 Å². The molecule has 5 heteroatoms. The van der Waals surface area contributed by atoms with Crippen LogP contribution in [0.4, 0.5) is 10.1 Å². The summed E-state index contributed by atoms with van der Waals surface area (Å²) in [6, 6.07) is 10.2. The fraction of sp³-hybridized carbons (Fsp3) is 0. The molecule has 3 nitrogen and oxygen atoms in total. The molecule has 0 aliphatic heterocycles. The second kappa shape index (κ2) is 5.18. The van der Waals surface area contributed by atoms with Gasteiger partial charge in [0.05, 0.1) is 10.0 Å². The lowest BCUT2D eigenvalue weighted by molar-refractivity contribution is 0.102. The summed E-state index contributed by atoms with van der Waals surface area (Å²) in [5, 5.41) is 12.3. The first-order valence-electron chi connectivity index (χ1n) is 5.12. The van der Waals surface area contributed by atoms with E-state index in [0.29, 0.717) is 10.2 Å². The average Bonchev–Trinajstić information content (AvgIpc) is 2.35. The number of benzene rings is 2. The van der Waals surface area contributed by atoms with Gasteiger partial charge in [0.25, 0.3) is 5.91 Å². The van der Waals surface area contributed by atoms with Gasteiger partial charge in [0.1, 0.15) is 11.6 Å². The topological polar surface area (TPSA) is 49.3 Å². The zero-order chi connectivity index (χ0) is 13.1. The lowest BCUT2D eigenvalue weighted by Crippen LogP contribution is -2.12. The van der Waals surface area contributed by atoms with Crippen molar-refractivity contribution in [3.63, 3.8) is 0 Å². The third-order valence-corrected chi connectivity index (χ3v) is 2.97. The largest absolute Gasteiger partial charge is 0.506 e. The zero-order valence-electron chi connectivity index (χ0n) is 9.15. The normalized spacial score (nSPS) is 10.1. The number of halogens is 2. The van der Waals surface area contributed by atoms with Gasteiger partial charge in [0.2, 0.25) is 0 Å². The van der Waals surface area contributed by atoms with Crippen LogP contribution in [-0.4, -0.2) is 11.0 Å². The second-order valence-electron chi connectivity index (χ2n) is 3.60. The first-order chi connectivity index (χ1) is 8.58. The third kappa shape index (κ3) is 2.68. The summed E-state index contributed by atoms with van der Waals surface area (Å²) in [7, 11) is 0. The Morgan fingerprint density at radius 1 is 1.17 bits per heavy atom. The summed E-state index contributed by atoms with van der Waals surface area (Å²) in [5.41, 5.74) is 0.606. The van der Waals surface area contributed by atoms with Crippen molar-refractivity contribution < 1.29 is 14.3 Å². The van der Waals surface area contributed by atoms with E-state index in [1.165, 1.54) is 30.3 Å². The van der Waals surface area contributed by atoms with Gasteiger partial charge in [-0.3, -0.25) is 4.79 Å². The molecule has 0 heterocycles. The van der Waals surface area contributed by atoms with E-state index in [9.17, 15) is 14.3 Å². The number of aromatic hydroxyl groups is 1. The summed E-state index contributed by atoms with van der Waals surface area (Å²) >= 11 is 3.13. The molecule has 92 valence electrons. The molecule has 1 amide bonds. The van der Waals surface area contributed by atoms with Gasteiger partial charge in [-0.25, -0.2) is 4.39 Å². The van der Waals surface area contributed by atoms with Gasteiger partial charge in [-0.15, -0.1) is 0 Å². The fourth-order valence-electron chi connectivity index (χ4n) is 1.43. The van der Waals surface area contributed by atoms with E-state index in [2.05, 4.69) is 21.2 Å². The Morgan fingerprint density at radius 3 is 2.50 bits per heavy atom. The summed E-state index contributed by atoms with van der Waals surface area (Å²) in [6.07, 6.45) is 0. The van der Waals surface area contributed by atoms with Gasteiger partial charge in [-0.05, 0) is 52.3 Å². The maximum Gasteiger partial charge on any atom is 0.259 e. The first-order valence-corrected chi connectivity index (χ1v) is 5.91. The Morgan fingerprint density at radius 2 is 1.83 bits per heavy atom. The van der Waals surface area contributed by atoms with Crippen molar-refractivity contribution in [1.29, 1.82) is 0 Å².